The number of nitrogens with zero attached hydrogens (tertiary/aromatic N) is 1. The van der Waals surface area contributed by atoms with Crippen LogP contribution >= 0.6 is 0 Å². The summed E-state index contributed by atoms with van der Waals surface area (Å²) in [5, 5.41) is 3.38. The lowest BCUT2D eigenvalue weighted by molar-refractivity contribution is 0.746. The first-order chi connectivity index (χ1) is 13.2. The first-order valence-corrected chi connectivity index (χ1v) is 9.33. The average Bonchev–Trinajstić information content (AvgIpc) is 2.72. The monoisotopic (exact) mass is 352 g/mol. The van der Waals surface area contributed by atoms with E-state index in [1.165, 1.54) is 16.7 Å². The Labute approximate surface area is 161 Å². The second-order valence-corrected chi connectivity index (χ2v) is 6.99. The molecule has 0 aliphatic carbocycles. The third-order valence-corrected chi connectivity index (χ3v) is 4.88. The van der Waals surface area contributed by atoms with E-state index in [0.717, 1.165) is 17.1 Å². The number of allylic oxidation sites excluding steroid dienone is 2. The molecule has 3 aromatic rings. The fraction of sp³-hybridized carbons (Fsp3) is 0.120. The van der Waals surface area contributed by atoms with E-state index >= 15 is 0 Å². The van der Waals surface area contributed by atoms with Gasteiger partial charge in [-0.05, 0) is 68.1 Å². The van der Waals surface area contributed by atoms with Crippen molar-refractivity contribution in [2.45, 2.75) is 19.9 Å². The average molecular weight is 352 g/mol. The van der Waals surface area contributed by atoms with Crippen molar-refractivity contribution in [3.63, 3.8) is 0 Å². The molecule has 134 valence electrons. The van der Waals surface area contributed by atoms with E-state index in [2.05, 4.69) is 109 Å². The molecular formula is C25H24N2. The fourth-order valence-electron chi connectivity index (χ4n) is 3.32. The Morgan fingerprint density at radius 2 is 1.11 bits per heavy atom. The first-order valence-electron chi connectivity index (χ1n) is 9.33. The van der Waals surface area contributed by atoms with Crippen LogP contribution in [0.15, 0.2) is 97.2 Å². The van der Waals surface area contributed by atoms with Gasteiger partial charge in [-0.15, -0.1) is 0 Å². The van der Waals surface area contributed by atoms with Crippen LogP contribution in [0.2, 0.25) is 0 Å². The lowest BCUT2D eigenvalue weighted by Gasteiger charge is -2.26. The van der Waals surface area contributed by atoms with E-state index in [4.69, 9.17) is 0 Å². The molecule has 1 aliphatic heterocycles. The van der Waals surface area contributed by atoms with Gasteiger partial charge in [-0.3, -0.25) is 0 Å². The summed E-state index contributed by atoms with van der Waals surface area (Å²) in [7, 11) is 0. The Bertz CT molecular complexity index is 903. The SMILES string of the molecule is Cc1ccc(N(c2ccc(C)cc2)c2ccc(C3C=CC=CN3)cc2)cc1. The number of dihydropyridines is 1. The van der Waals surface area contributed by atoms with E-state index in [-0.39, 0.29) is 6.04 Å². The molecule has 4 rings (SSSR count). The fourth-order valence-corrected chi connectivity index (χ4v) is 3.32. The maximum absolute atomic E-state index is 3.38. The summed E-state index contributed by atoms with van der Waals surface area (Å²) in [4.78, 5) is 2.30. The molecule has 1 aliphatic rings. The van der Waals surface area contributed by atoms with Crippen molar-refractivity contribution < 1.29 is 0 Å². The van der Waals surface area contributed by atoms with Gasteiger partial charge in [0.25, 0.3) is 0 Å². The van der Waals surface area contributed by atoms with Gasteiger partial charge in [-0.25, -0.2) is 0 Å². The molecule has 1 atom stereocenters. The summed E-state index contributed by atoms with van der Waals surface area (Å²) in [6, 6.07) is 26.4. The van der Waals surface area contributed by atoms with Gasteiger partial charge >= 0.3 is 0 Å². The second-order valence-electron chi connectivity index (χ2n) is 6.99. The van der Waals surface area contributed by atoms with Gasteiger partial charge in [0, 0.05) is 17.1 Å². The van der Waals surface area contributed by atoms with E-state index in [0.29, 0.717) is 0 Å². The maximum atomic E-state index is 3.38. The molecule has 0 amide bonds. The van der Waals surface area contributed by atoms with E-state index in [9.17, 15) is 0 Å². The maximum Gasteiger partial charge on any atom is 0.0695 e. The molecule has 2 heteroatoms. The normalized spacial score (nSPS) is 15.4. The Morgan fingerprint density at radius 1 is 0.630 bits per heavy atom. The molecule has 27 heavy (non-hydrogen) atoms. The number of hydrogen-bond donors (Lipinski definition) is 1. The minimum absolute atomic E-state index is 0.233. The smallest absolute Gasteiger partial charge is 0.0695 e. The van der Waals surface area contributed by atoms with Crippen molar-refractivity contribution in [1.82, 2.24) is 5.32 Å². The Hall–Kier alpha value is -3.26. The highest BCUT2D eigenvalue weighted by Gasteiger charge is 2.13. The van der Waals surface area contributed by atoms with Crippen molar-refractivity contribution in [3.05, 3.63) is 114 Å². The van der Waals surface area contributed by atoms with Crippen molar-refractivity contribution in [1.29, 1.82) is 0 Å². The van der Waals surface area contributed by atoms with E-state index in [1.54, 1.807) is 0 Å². The van der Waals surface area contributed by atoms with Crippen molar-refractivity contribution in [2.24, 2.45) is 0 Å². The van der Waals surface area contributed by atoms with Gasteiger partial charge < -0.3 is 10.2 Å². The molecule has 0 saturated carbocycles. The molecular weight excluding hydrogens is 328 g/mol. The second kappa shape index (κ2) is 7.55. The first kappa shape index (κ1) is 17.2. The molecule has 1 heterocycles. The topological polar surface area (TPSA) is 15.3 Å². The van der Waals surface area contributed by atoms with Crippen LogP contribution in [0.1, 0.15) is 22.7 Å². The molecule has 0 fully saturated rings. The van der Waals surface area contributed by atoms with Crippen LogP contribution in [0.5, 0.6) is 0 Å². The highest BCUT2D eigenvalue weighted by atomic mass is 15.1. The zero-order valence-electron chi connectivity index (χ0n) is 15.8. The van der Waals surface area contributed by atoms with E-state index < -0.39 is 0 Å². The number of rotatable bonds is 4. The summed E-state index contributed by atoms with van der Waals surface area (Å²) >= 11 is 0. The van der Waals surface area contributed by atoms with Gasteiger partial charge in [0.15, 0.2) is 0 Å². The quantitative estimate of drug-likeness (QED) is 0.577. The summed E-state index contributed by atoms with van der Waals surface area (Å²) in [6.07, 6.45) is 8.26. The Kier molecular flexibility index (Phi) is 4.80. The summed E-state index contributed by atoms with van der Waals surface area (Å²) in [6.45, 7) is 4.24. The van der Waals surface area contributed by atoms with E-state index in [1.807, 2.05) is 12.3 Å². The van der Waals surface area contributed by atoms with Gasteiger partial charge in [0.05, 0.1) is 6.04 Å². The number of hydrogen-bond acceptors (Lipinski definition) is 2. The van der Waals surface area contributed by atoms with Crippen molar-refractivity contribution in [2.75, 3.05) is 4.90 Å². The van der Waals surface area contributed by atoms with Gasteiger partial charge in [0.1, 0.15) is 0 Å². The Balaban J connectivity index is 1.71. The number of nitrogens with one attached hydrogen (secondary N) is 1. The summed E-state index contributed by atoms with van der Waals surface area (Å²) in [5.74, 6) is 0. The van der Waals surface area contributed by atoms with Gasteiger partial charge in [0.2, 0.25) is 0 Å². The number of anilines is 3. The third-order valence-electron chi connectivity index (χ3n) is 4.88. The largest absolute Gasteiger partial charge is 0.381 e. The number of aryl methyl sites for hydroxylation is 2. The molecule has 0 saturated heterocycles. The summed E-state index contributed by atoms with van der Waals surface area (Å²) in [5.41, 5.74) is 7.27. The Morgan fingerprint density at radius 3 is 1.56 bits per heavy atom. The number of benzene rings is 3. The zero-order valence-corrected chi connectivity index (χ0v) is 15.8. The molecule has 0 aromatic heterocycles. The van der Waals surface area contributed by atoms with Crippen LogP contribution in [0, 0.1) is 13.8 Å². The van der Waals surface area contributed by atoms with Crippen LogP contribution in [0.3, 0.4) is 0 Å². The zero-order chi connectivity index (χ0) is 18.6. The molecule has 3 aromatic carbocycles. The standard InChI is InChI=1S/C25H24N2/c1-19-6-12-22(13-7-19)27(23-14-8-20(2)9-15-23)24-16-10-21(11-17-24)25-5-3-4-18-26-25/h3-18,25-26H,1-2H3. The van der Waals surface area contributed by atoms with Crippen LogP contribution in [-0.4, -0.2) is 0 Å². The highest BCUT2D eigenvalue weighted by Crippen LogP contribution is 2.35. The molecule has 0 bridgehead atoms. The molecule has 1 unspecified atom stereocenters. The lowest BCUT2D eigenvalue weighted by atomic mass is 10.0. The molecule has 0 radical (unpaired) electrons. The highest BCUT2D eigenvalue weighted by molar-refractivity contribution is 5.76. The van der Waals surface area contributed by atoms with Crippen molar-refractivity contribution >= 4 is 17.1 Å². The molecule has 1 N–H and O–H groups in total. The van der Waals surface area contributed by atoms with Gasteiger partial charge in [-0.2, -0.15) is 0 Å². The lowest BCUT2D eigenvalue weighted by Crippen LogP contribution is -2.15. The van der Waals surface area contributed by atoms with Gasteiger partial charge in [-0.1, -0.05) is 59.7 Å². The molecule has 2 nitrogen and oxygen atoms in total. The predicted octanol–water partition coefficient (Wildman–Crippen LogP) is 6.49. The summed E-state index contributed by atoms with van der Waals surface area (Å²) < 4.78 is 0. The van der Waals surface area contributed by atoms with Crippen LogP contribution in [-0.2, 0) is 0 Å². The van der Waals surface area contributed by atoms with Crippen molar-refractivity contribution in [3.8, 4) is 0 Å². The van der Waals surface area contributed by atoms with Crippen LogP contribution < -0.4 is 10.2 Å². The molecule has 0 spiro atoms. The van der Waals surface area contributed by atoms with Crippen LogP contribution in [0.25, 0.3) is 0 Å². The minimum atomic E-state index is 0.233. The third kappa shape index (κ3) is 3.80. The minimum Gasteiger partial charge on any atom is -0.381 e. The predicted molar refractivity (Wildman–Crippen MR) is 115 cm³/mol. The van der Waals surface area contributed by atoms with Crippen LogP contribution in [0.4, 0.5) is 17.1 Å².